The van der Waals surface area contributed by atoms with Gasteiger partial charge in [-0.15, -0.1) is 11.3 Å². The predicted octanol–water partition coefficient (Wildman–Crippen LogP) is 3.39. The first kappa shape index (κ1) is 20.2. The number of rotatable bonds is 5. The minimum Gasteiger partial charge on any atom is -0.462 e. The molecule has 1 aromatic rings. The molecule has 0 radical (unpaired) electrons. The SMILES string of the molecule is CCOC(=O)c1c(NC(=O)NC2CCCCC2)sc(C(=O)N(C)C)c1C. The number of anilines is 1. The van der Waals surface area contributed by atoms with Gasteiger partial charge in [-0.25, -0.2) is 9.59 Å². The zero-order chi connectivity index (χ0) is 19.3. The van der Waals surface area contributed by atoms with Gasteiger partial charge in [-0.2, -0.15) is 0 Å². The number of nitrogens with one attached hydrogen (secondary N) is 2. The lowest BCUT2D eigenvalue weighted by molar-refractivity contribution is 0.0527. The van der Waals surface area contributed by atoms with Crippen LogP contribution in [0.1, 0.15) is 64.6 Å². The van der Waals surface area contributed by atoms with Crippen molar-refractivity contribution in [2.45, 2.75) is 52.0 Å². The predicted molar refractivity (Wildman–Crippen MR) is 102 cm³/mol. The molecule has 0 bridgehead atoms. The lowest BCUT2D eigenvalue weighted by Gasteiger charge is -2.22. The number of carbonyl (C=O) groups excluding carboxylic acids is 3. The number of nitrogens with zero attached hydrogens (tertiary/aromatic N) is 1. The molecule has 7 nitrogen and oxygen atoms in total. The summed E-state index contributed by atoms with van der Waals surface area (Å²) in [7, 11) is 3.29. The van der Waals surface area contributed by atoms with E-state index >= 15 is 0 Å². The van der Waals surface area contributed by atoms with Gasteiger partial charge in [-0.05, 0) is 32.3 Å². The maximum atomic E-state index is 12.4. The Morgan fingerprint density at radius 3 is 2.42 bits per heavy atom. The number of esters is 1. The van der Waals surface area contributed by atoms with Crippen molar-refractivity contribution in [1.82, 2.24) is 10.2 Å². The maximum Gasteiger partial charge on any atom is 0.341 e. The Labute approximate surface area is 158 Å². The summed E-state index contributed by atoms with van der Waals surface area (Å²) in [5.74, 6) is -0.745. The van der Waals surface area contributed by atoms with Crippen LogP contribution in [0, 0.1) is 6.92 Å². The van der Waals surface area contributed by atoms with E-state index in [1.54, 1.807) is 27.9 Å². The summed E-state index contributed by atoms with van der Waals surface area (Å²) in [5, 5.41) is 6.05. The smallest absolute Gasteiger partial charge is 0.341 e. The van der Waals surface area contributed by atoms with Crippen molar-refractivity contribution in [2.24, 2.45) is 0 Å². The third-order valence-corrected chi connectivity index (χ3v) is 5.59. The molecular formula is C18H27N3O4S. The fraction of sp³-hybridized carbons (Fsp3) is 0.611. The molecule has 1 aromatic heterocycles. The van der Waals surface area contributed by atoms with Crippen LogP contribution in [0.2, 0.25) is 0 Å². The van der Waals surface area contributed by atoms with Gasteiger partial charge in [0, 0.05) is 20.1 Å². The van der Waals surface area contributed by atoms with Gasteiger partial charge in [0.2, 0.25) is 0 Å². The van der Waals surface area contributed by atoms with Crippen LogP contribution in [-0.2, 0) is 4.74 Å². The second kappa shape index (κ2) is 9.02. The molecule has 0 aromatic carbocycles. The van der Waals surface area contributed by atoms with E-state index in [-0.39, 0.29) is 30.2 Å². The highest BCUT2D eigenvalue weighted by Gasteiger charge is 2.27. The van der Waals surface area contributed by atoms with E-state index in [1.165, 1.54) is 11.3 Å². The van der Waals surface area contributed by atoms with Gasteiger partial charge in [0.25, 0.3) is 5.91 Å². The Morgan fingerprint density at radius 1 is 1.19 bits per heavy atom. The fourth-order valence-corrected chi connectivity index (χ4v) is 4.24. The third-order valence-electron chi connectivity index (χ3n) is 4.39. The minimum atomic E-state index is -0.535. The summed E-state index contributed by atoms with van der Waals surface area (Å²) < 4.78 is 5.11. The summed E-state index contributed by atoms with van der Waals surface area (Å²) in [6, 6.07) is -0.203. The highest BCUT2D eigenvalue weighted by molar-refractivity contribution is 7.18. The fourth-order valence-electron chi connectivity index (χ4n) is 3.03. The first-order valence-electron chi connectivity index (χ1n) is 8.94. The van der Waals surface area contributed by atoms with Crippen LogP contribution in [0.15, 0.2) is 0 Å². The van der Waals surface area contributed by atoms with Crippen molar-refractivity contribution >= 4 is 34.2 Å². The first-order valence-corrected chi connectivity index (χ1v) is 9.76. The van der Waals surface area contributed by atoms with Crippen molar-refractivity contribution in [3.63, 3.8) is 0 Å². The van der Waals surface area contributed by atoms with Crippen molar-refractivity contribution < 1.29 is 19.1 Å². The highest BCUT2D eigenvalue weighted by Crippen LogP contribution is 2.34. The van der Waals surface area contributed by atoms with Crippen molar-refractivity contribution in [3.8, 4) is 0 Å². The molecule has 1 heterocycles. The van der Waals surface area contributed by atoms with Crippen LogP contribution < -0.4 is 10.6 Å². The lowest BCUT2D eigenvalue weighted by atomic mass is 9.96. The van der Waals surface area contributed by atoms with Crippen LogP contribution in [0.25, 0.3) is 0 Å². The quantitative estimate of drug-likeness (QED) is 0.765. The van der Waals surface area contributed by atoms with Gasteiger partial charge < -0.3 is 15.0 Å². The van der Waals surface area contributed by atoms with Crippen LogP contribution in [0.3, 0.4) is 0 Å². The molecular weight excluding hydrogens is 354 g/mol. The van der Waals surface area contributed by atoms with Crippen LogP contribution in [0.4, 0.5) is 9.80 Å². The van der Waals surface area contributed by atoms with E-state index < -0.39 is 5.97 Å². The molecule has 26 heavy (non-hydrogen) atoms. The number of ether oxygens (including phenoxy) is 1. The summed E-state index contributed by atoms with van der Waals surface area (Å²) >= 11 is 1.10. The molecule has 1 aliphatic carbocycles. The molecule has 144 valence electrons. The van der Waals surface area contributed by atoms with Gasteiger partial charge in [0.15, 0.2) is 0 Å². The summed E-state index contributed by atoms with van der Waals surface area (Å²) in [4.78, 5) is 39.0. The van der Waals surface area contributed by atoms with Gasteiger partial charge in [0.05, 0.1) is 17.0 Å². The molecule has 0 atom stereocenters. The van der Waals surface area contributed by atoms with Crippen molar-refractivity contribution in [3.05, 3.63) is 16.0 Å². The Bertz CT molecular complexity index is 678. The van der Waals surface area contributed by atoms with Crippen molar-refractivity contribution in [1.29, 1.82) is 0 Å². The highest BCUT2D eigenvalue weighted by atomic mass is 32.1. The molecule has 1 aliphatic rings. The van der Waals surface area contributed by atoms with Gasteiger partial charge in [0.1, 0.15) is 5.00 Å². The maximum absolute atomic E-state index is 12.4. The van der Waals surface area contributed by atoms with E-state index in [9.17, 15) is 14.4 Å². The molecule has 8 heteroatoms. The zero-order valence-electron chi connectivity index (χ0n) is 15.8. The lowest BCUT2D eigenvalue weighted by Crippen LogP contribution is -2.39. The summed E-state index contributed by atoms with van der Waals surface area (Å²) in [6.45, 7) is 3.64. The molecule has 0 spiro atoms. The van der Waals surface area contributed by atoms with Gasteiger partial charge in [-0.1, -0.05) is 19.3 Å². The standard InChI is InChI=1S/C18H27N3O4S/c1-5-25-17(23)13-11(2)14(16(22)21(3)4)26-15(13)20-18(24)19-12-9-7-6-8-10-12/h12H,5-10H2,1-4H3,(H2,19,20,24). The molecule has 1 fully saturated rings. The largest absolute Gasteiger partial charge is 0.462 e. The number of hydrogen-bond donors (Lipinski definition) is 2. The monoisotopic (exact) mass is 381 g/mol. The van der Waals surface area contributed by atoms with E-state index in [2.05, 4.69) is 10.6 Å². The number of hydrogen-bond acceptors (Lipinski definition) is 5. The Hall–Kier alpha value is -2.09. The zero-order valence-corrected chi connectivity index (χ0v) is 16.6. The van der Waals surface area contributed by atoms with E-state index in [1.807, 2.05) is 0 Å². The number of amides is 3. The molecule has 1 saturated carbocycles. The first-order chi connectivity index (χ1) is 12.3. The average molecular weight is 381 g/mol. The Kier molecular flexibility index (Phi) is 7.02. The average Bonchev–Trinajstić information content (AvgIpc) is 2.91. The molecule has 2 rings (SSSR count). The normalized spacial score (nSPS) is 14.6. The molecule has 0 saturated heterocycles. The van der Waals surface area contributed by atoms with E-state index in [0.717, 1.165) is 37.0 Å². The number of urea groups is 1. The topological polar surface area (TPSA) is 87.7 Å². The summed E-state index contributed by atoms with van der Waals surface area (Å²) in [6.07, 6.45) is 5.35. The third kappa shape index (κ3) is 4.75. The Morgan fingerprint density at radius 2 is 1.85 bits per heavy atom. The Balaban J connectivity index is 2.24. The number of carbonyl (C=O) groups is 3. The van der Waals surface area contributed by atoms with E-state index in [0.29, 0.717) is 15.4 Å². The summed E-state index contributed by atoms with van der Waals surface area (Å²) in [5.41, 5.74) is 0.779. The second-order valence-electron chi connectivity index (χ2n) is 6.61. The number of thiophene rings is 1. The second-order valence-corrected chi connectivity index (χ2v) is 7.63. The van der Waals surface area contributed by atoms with Crippen LogP contribution in [-0.4, -0.2) is 49.6 Å². The molecule has 0 aliphatic heterocycles. The minimum absolute atomic E-state index is 0.152. The molecule has 0 unspecified atom stereocenters. The molecule has 2 N–H and O–H groups in total. The van der Waals surface area contributed by atoms with Crippen LogP contribution in [0.5, 0.6) is 0 Å². The molecule has 3 amide bonds. The van der Waals surface area contributed by atoms with Crippen LogP contribution >= 0.6 is 11.3 Å². The van der Waals surface area contributed by atoms with Gasteiger partial charge in [-0.3, -0.25) is 10.1 Å². The van der Waals surface area contributed by atoms with Gasteiger partial charge >= 0.3 is 12.0 Å². The van der Waals surface area contributed by atoms with E-state index in [4.69, 9.17) is 4.74 Å². The van der Waals surface area contributed by atoms with Crippen molar-refractivity contribution in [2.75, 3.05) is 26.0 Å².